The Hall–Kier alpha value is -3.95. The highest BCUT2D eigenvalue weighted by Crippen LogP contribution is 2.54. The molecule has 238 valence electrons. The second-order valence-electron chi connectivity index (χ2n) is 12.5. The van der Waals surface area contributed by atoms with Gasteiger partial charge < -0.3 is 29.3 Å². The predicted molar refractivity (Wildman–Crippen MR) is 172 cm³/mol. The number of ether oxygens (including phenoxy) is 2. The first-order valence-electron chi connectivity index (χ1n) is 16.2. The average molecular weight is 614 g/mol. The summed E-state index contributed by atoms with van der Waals surface area (Å²) in [7, 11) is 0. The van der Waals surface area contributed by atoms with Gasteiger partial charge in [-0.15, -0.1) is 0 Å². The molecule has 45 heavy (non-hydrogen) atoms. The van der Waals surface area contributed by atoms with Crippen LogP contribution in [0.5, 0.6) is 5.75 Å². The standard InChI is InChI=1S/C36H43N3O6/c1-4-44-27-16-14-26(15-17-27)37-20-9-11-29-30(33(37)41)31-34(42)39(19-7-5-6-8-22-40)32-35(43)38(21-10-18-36(31,32)45-29)28-23-24(2)12-13-25(28)3/h9-18,23,29-32,40H,4-8,19-22H2,1-3H3/t29-,30+,31+,32?,36+/m1/s1. The number of anilines is 2. The summed E-state index contributed by atoms with van der Waals surface area (Å²) in [5.41, 5.74) is 2.26. The minimum atomic E-state index is -1.27. The van der Waals surface area contributed by atoms with Crippen LogP contribution in [0.4, 0.5) is 11.4 Å². The van der Waals surface area contributed by atoms with Gasteiger partial charge in [0.15, 0.2) is 0 Å². The number of aryl methyl sites for hydroxylation is 2. The van der Waals surface area contributed by atoms with Gasteiger partial charge >= 0.3 is 0 Å². The van der Waals surface area contributed by atoms with E-state index in [1.165, 1.54) is 0 Å². The van der Waals surface area contributed by atoms with Crippen molar-refractivity contribution < 1.29 is 29.0 Å². The van der Waals surface area contributed by atoms with Crippen LogP contribution in [0.1, 0.15) is 43.7 Å². The summed E-state index contributed by atoms with van der Waals surface area (Å²) in [5.74, 6) is -1.51. The maximum Gasteiger partial charge on any atom is 0.253 e. The summed E-state index contributed by atoms with van der Waals surface area (Å²) < 4.78 is 12.4. The molecule has 4 aliphatic heterocycles. The van der Waals surface area contributed by atoms with Crippen LogP contribution < -0.4 is 14.5 Å². The summed E-state index contributed by atoms with van der Waals surface area (Å²) in [6.45, 7) is 7.64. The van der Waals surface area contributed by atoms with Gasteiger partial charge in [-0.05, 0) is 75.1 Å². The Morgan fingerprint density at radius 3 is 2.42 bits per heavy atom. The Morgan fingerprint density at radius 1 is 0.911 bits per heavy atom. The first-order valence-corrected chi connectivity index (χ1v) is 16.2. The summed E-state index contributed by atoms with van der Waals surface area (Å²) in [6.07, 6.45) is 10.0. The van der Waals surface area contributed by atoms with Gasteiger partial charge in [0.2, 0.25) is 11.8 Å². The number of benzene rings is 2. The minimum absolute atomic E-state index is 0.127. The second-order valence-corrected chi connectivity index (χ2v) is 12.5. The van der Waals surface area contributed by atoms with Gasteiger partial charge in [-0.2, -0.15) is 0 Å². The molecule has 2 fully saturated rings. The Bertz CT molecular complexity index is 1500. The molecule has 0 bridgehead atoms. The maximum atomic E-state index is 14.7. The molecule has 4 aliphatic rings. The zero-order valence-corrected chi connectivity index (χ0v) is 26.4. The largest absolute Gasteiger partial charge is 0.494 e. The molecule has 3 amide bonds. The molecule has 1 spiro atoms. The molecule has 2 saturated heterocycles. The van der Waals surface area contributed by atoms with Gasteiger partial charge in [-0.25, -0.2) is 0 Å². The van der Waals surface area contributed by atoms with E-state index in [9.17, 15) is 19.5 Å². The molecule has 6 rings (SSSR count). The fourth-order valence-electron chi connectivity index (χ4n) is 7.47. The summed E-state index contributed by atoms with van der Waals surface area (Å²) in [4.78, 5) is 48.8. The molecular weight excluding hydrogens is 570 g/mol. The highest BCUT2D eigenvalue weighted by atomic mass is 16.5. The number of likely N-dealkylation sites (tertiary alicyclic amines) is 1. The third-order valence-corrected chi connectivity index (χ3v) is 9.58. The Morgan fingerprint density at radius 2 is 1.67 bits per heavy atom. The average Bonchev–Trinajstić information content (AvgIpc) is 3.34. The third kappa shape index (κ3) is 5.46. The molecular formula is C36H43N3O6. The van der Waals surface area contributed by atoms with E-state index < -0.39 is 29.6 Å². The fraction of sp³-hybridized carbons (Fsp3) is 0.472. The molecule has 9 nitrogen and oxygen atoms in total. The Labute approximate surface area is 265 Å². The van der Waals surface area contributed by atoms with Crippen molar-refractivity contribution >= 4 is 29.1 Å². The smallest absolute Gasteiger partial charge is 0.253 e. The lowest BCUT2D eigenvalue weighted by molar-refractivity contribution is -0.140. The van der Waals surface area contributed by atoms with Crippen molar-refractivity contribution in [3.05, 3.63) is 77.9 Å². The molecule has 2 aromatic carbocycles. The van der Waals surface area contributed by atoms with Crippen LogP contribution in [0.25, 0.3) is 0 Å². The lowest BCUT2D eigenvalue weighted by Crippen LogP contribution is -2.55. The van der Waals surface area contributed by atoms with Gasteiger partial charge in [0, 0.05) is 37.6 Å². The topological polar surface area (TPSA) is 99.6 Å². The van der Waals surface area contributed by atoms with E-state index in [0.717, 1.165) is 35.4 Å². The minimum Gasteiger partial charge on any atom is -0.494 e. The quantitative estimate of drug-likeness (QED) is 0.316. The number of aliphatic hydroxyl groups excluding tert-OH is 1. The normalized spacial score (nSPS) is 27.4. The third-order valence-electron chi connectivity index (χ3n) is 9.58. The molecule has 0 saturated carbocycles. The van der Waals surface area contributed by atoms with Crippen LogP contribution in [-0.4, -0.2) is 78.3 Å². The lowest BCUT2D eigenvalue weighted by atomic mass is 9.77. The summed E-state index contributed by atoms with van der Waals surface area (Å²) >= 11 is 0. The van der Waals surface area contributed by atoms with Crippen LogP contribution in [0.15, 0.2) is 66.8 Å². The van der Waals surface area contributed by atoms with E-state index in [-0.39, 0.29) is 24.3 Å². The summed E-state index contributed by atoms with van der Waals surface area (Å²) in [6, 6.07) is 12.5. The van der Waals surface area contributed by atoms with E-state index in [1.807, 2.05) is 87.5 Å². The number of carbonyl (C=O) groups excluding carboxylic acids is 3. The van der Waals surface area contributed by atoms with Crippen molar-refractivity contribution in [3.8, 4) is 5.75 Å². The number of aliphatic hydroxyl groups is 1. The molecule has 0 aromatic heterocycles. The van der Waals surface area contributed by atoms with Gasteiger partial charge in [0.05, 0.1) is 24.5 Å². The number of unbranched alkanes of at least 4 members (excludes halogenated alkanes) is 3. The number of carbonyl (C=O) groups is 3. The molecule has 0 aliphatic carbocycles. The number of fused-ring (bicyclic) bond motifs is 2. The number of rotatable bonds is 10. The Balaban J connectivity index is 1.38. The number of amides is 3. The zero-order valence-electron chi connectivity index (χ0n) is 26.4. The van der Waals surface area contributed by atoms with Crippen LogP contribution in [0.2, 0.25) is 0 Å². The van der Waals surface area contributed by atoms with E-state index >= 15 is 0 Å². The van der Waals surface area contributed by atoms with Crippen molar-refractivity contribution in [2.45, 2.75) is 64.2 Å². The molecule has 0 radical (unpaired) electrons. The van der Waals surface area contributed by atoms with E-state index in [0.29, 0.717) is 44.8 Å². The van der Waals surface area contributed by atoms with Gasteiger partial charge in [0.25, 0.3) is 5.91 Å². The van der Waals surface area contributed by atoms with Crippen LogP contribution in [0.3, 0.4) is 0 Å². The first kappa shape index (κ1) is 31.0. The molecule has 2 aromatic rings. The molecule has 5 atom stereocenters. The maximum absolute atomic E-state index is 14.7. The lowest BCUT2D eigenvalue weighted by Gasteiger charge is -2.35. The number of hydrogen-bond donors (Lipinski definition) is 1. The van der Waals surface area contributed by atoms with E-state index in [1.54, 1.807) is 14.7 Å². The fourth-order valence-corrected chi connectivity index (χ4v) is 7.47. The van der Waals surface area contributed by atoms with Crippen LogP contribution >= 0.6 is 0 Å². The van der Waals surface area contributed by atoms with Crippen LogP contribution in [0, 0.1) is 25.7 Å². The molecule has 4 heterocycles. The first-order chi connectivity index (χ1) is 21.8. The van der Waals surface area contributed by atoms with Crippen molar-refractivity contribution in [3.63, 3.8) is 0 Å². The monoisotopic (exact) mass is 613 g/mol. The number of nitrogens with zero attached hydrogens (tertiary/aromatic N) is 3. The number of hydrogen-bond acceptors (Lipinski definition) is 6. The highest BCUT2D eigenvalue weighted by molar-refractivity contribution is 6.07. The predicted octanol–water partition coefficient (Wildman–Crippen LogP) is 4.34. The van der Waals surface area contributed by atoms with Crippen molar-refractivity contribution in [1.29, 1.82) is 0 Å². The van der Waals surface area contributed by atoms with E-state index in [2.05, 4.69) is 0 Å². The highest BCUT2D eigenvalue weighted by Gasteiger charge is 2.71. The van der Waals surface area contributed by atoms with Crippen molar-refractivity contribution in [1.82, 2.24) is 4.90 Å². The summed E-state index contributed by atoms with van der Waals surface area (Å²) in [5, 5.41) is 9.24. The Kier molecular flexibility index (Phi) is 8.84. The van der Waals surface area contributed by atoms with Crippen molar-refractivity contribution in [2.24, 2.45) is 11.8 Å². The molecule has 1 unspecified atom stereocenters. The SMILES string of the molecule is CCOc1ccc(N2CC=C[C@H]3O[C@]45C=CCN(c6cc(C)ccc6C)C(=O)C4N(CCCCCCO)C(=O)[C@@H]5[C@H]3C2=O)cc1. The van der Waals surface area contributed by atoms with E-state index in [4.69, 9.17) is 9.47 Å². The molecule has 1 N–H and O–H groups in total. The molecule has 9 heteroatoms. The second kappa shape index (κ2) is 12.8. The van der Waals surface area contributed by atoms with Crippen LogP contribution in [-0.2, 0) is 19.1 Å². The van der Waals surface area contributed by atoms with Gasteiger partial charge in [-0.1, -0.05) is 49.3 Å². The van der Waals surface area contributed by atoms with Gasteiger partial charge in [-0.3, -0.25) is 14.4 Å². The zero-order chi connectivity index (χ0) is 31.7. The van der Waals surface area contributed by atoms with Gasteiger partial charge in [0.1, 0.15) is 17.4 Å². The van der Waals surface area contributed by atoms with Crippen molar-refractivity contribution in [2.75, 3.05) is 42.6 Å².